The van der Waals surface area contributed by atoms with Crippen molar-refractivity contribution in [1.82, 2.24) is 4.31 Å². The molecule has 0 bridgehead atoms. The summed E-state index contributed by atoms with van der Waals surface area (Å²) in [6.07, 6.45) is -2.66. The fourth-order valence-electron chi connectivity index (χ4n) is 3.43. The topological polar surface area (TPSA) is 63.4 Å². The van der Waals surface area contributed by atoms with E-state index in [1.807, 2.05) is 0 Å². The second-order valence-corrected chi connectivity index (χ2v) is 7.95. The number of sulfonamides is 1. The van der Waals surface area contributed by atoms with Crippen molar-refractivity contribution in [3.63, 3.8) is 0 Å². The highest BCUT2D eigenvalue weighted by Crippen LogP contribution is 2.39. The first-order valence-electron chi connectivity index (χ1n) is 7.12. The van der Waals surface area contributed by atoms with Crippen LogP contribution in [0.1, 0.15) is 18.4 Å². The average molecular weight is 334 g/mol. The molecule has 1 aromatic carbocycles. The van der Waals surface area contributed by atoms with Gasteiger partial charge in [0.25, 0.3) is 0 Å². The number of fused-ring (bicyclic) bond motifs is 1. The van der Waals surface area contributed by atoms with Crippen molar-refractivity contribution >= 4 is 10.0 Å². The van der Waals surface area contributed by atoms with Crippen molar-refractivity contribution in [1.29, 1.82) is 0 Å². The molecule has 22 heavy (non-hydrogen) atoms. The first-order chi connectivity index (χ1) is 10.2. The molecule has 1 aliphatic heterocycles. The van der Waals surface area contributed by atoms with Crippen LogP contribution in [0, 0.1) is 11.8 Å². The molecule has 2 N–H and O–H groups in total. The predicted molar refractivity (Wildman–Crippen MR) is 74.4 cm³/mol. The molecule has 1 saturated carbocycles. The fraction of sp³-hybridized carbons (Fsp3) is 0.571. The highest BCUT2D eigenvalue weighted by molar-refractivity contribution is 7.89. The highest BCUT2D eigenvalue weighted by Gasteiger charge is 2.45. The zero-order valence-electron chi connectivity index (χ0n) is 11.8. The van der Waals surface area contributed by atoms with Crippen LogP contribution >= 0.6 is 0 Å². The predicted octanol–water partition coefficient (Wildman–Crippen LogP) is 2.06. The van der Waals surface area contributed by atoms with E-state index in [-0.39, 0.29) is 22.8 Å². The van der Waals surface area contributed by atoms with Gasteiger partial charge in [-0.05, 0) is 48.9 Å². The van der Waals surface area contributed by atoms with Crippen molar-refractivity contribution in [2.75, 3.05) is 13.1 Å². The molecule has 1 saturated heterocycles. The van der Waals surface area contributed by atoms with E-state index in [2.05, 4.69) is 0 Å². The van der Waals surface area contributed by atoms with Gasteiger partial charge in [-0.3, -0.25) is 0 Å². The van der Waals surface area contributed by atoms with Crippen molar-refractivity contribution in [2.24, 2.45) is 17.6 Å². The van der Waals surface area contributed by atoms with Crippen molar-refractivity contribution in [2.45, 2.75) is 30.0 Å². The lowest BCUT2D eigenvalue weighted by molar-refractivity contribution is -0.137. The first kappa shape index (κ1) is 15.8. The van der Waals surface area contributed by atoms with E-state index in [4.69, 9.17) is 5.73 Å². The molecule has 2 aliphatic rings. The number of hydrogen-bond donors (Lipinski definition) is 1. The Morgan fingerprint density at radius 1 is 1.09 bits per heavy atom. The van der Waals surface area contributed by atoms with E-state index < -0.39 is 21.8 Å². The molecule has 1 heterocycles. The van der Waals surface area contributed by atoms with Crippen LogP contribution in [0.4, 0.5) is 13.2 Å². The molecule has 0 spiro atoms. The van der Waals surface area contributed by atoms with Crippen LogP contribution in [0.15, 0.2) is 29.2 Å². The molecule has 1 aromatic rings. The van der Waals surface area contributed by atoms with Crippen LogP contribution in [0.3, 0.4) is 0 Å². The number of hydrogen-bond acceptors (Lipinski definition) is 3. The van der Waals surface area contributed by atoms with Gasteiger partial charge in [0.2, 0.25) is 10.0 Å². The van der Waals surface area contributed by atoms with Gasteiger partial charge in [-0.1, -0.05) is 0 Å². The molecular weight excluding hydrogens is 317 g/mol. The minimum absolute atomic E-state index is 0.0119. The number of halogens is 3. The molecule has 122 valence electrons. The normalized spacial score (nSPS) is 29.7. The number of alkyl halides is 3. The van der Waals surface area contributed by atoms with Crippen LogP contribution in [0.25, 0.3) is 0 Å². The van der Waals surface area contributed by atoms with Gasteiger partial charge in [0.05, 0.1) is 10.5 Å². The van der Waals surface area contributed by atoms with Gasteiger partial charge < -0.3 is 5.73 Å². The maximum absolute atomic E-state index is 12.5. The van der Waals surface area contributed by atoms with Crippen LogP contribution < -0.4 is 5.73 Å². The molecule has 4 nitrogen and oxygen atoms in total. The second kappa shape index (κ2) is 5.21. The third-order valence-corrected chi connectivity index (χ3v) is 6.54. The first-order valence-corrected chi connectivity index (χ1v) is 8.56. The Labute approximate surface area is 127 Å². The highest BCUT2D eigenvalue weighted by atomic mass is 32.2. The SMILES string of the molecule is N[C@@H]1CC[C@@H]2CN(S(=O)(=O)c3ccc(C(F)(F)F)cc3)C[C@@H]21. The number of nitrogens with two attached hydrogens (primary N) is 1. The Kier molecular flexibility index (Phi) is 3.73. The summed E-state index contributed by atoms with van der Waals surface area (Å²) < 4.78 is 64.1. The zero-order chi connectivity index (χ0) is 16.1. The lowest BCUT2D eigenvalue weighted by Gasteiger charge is -2.19. The summed E-state index contributed by atoms with van der Waals surface area (Å²) in [7, 11) is -3.76. The Morgan fingerprint density at radius 2 is 1.73 bits per heavy atom. The number of benzene rings is 1. The van der Waals surface area contributed by atoms with Crippen LogP contribution in [0.2, 0.25) is 0 Å². The van der Waals surface area contributed by atoms with Crippen molar-refractivity contribution in [3.8, 4) is 0 Å². The summed E-state index contributed by atoms with van der Waals surface area (Å²) in [5.74, 6) is 0.420. The minimum atomic E-state index is -4.47. The Balaban J connectivity index is 1.82. The van der Waals surface area contributed by atoms with Gasteiger partial charge in [-0.25, -0.2) is 8.42 Å². The standard InChI is InChI=1S/C14H17F3N2O2S/c15-14(16,17)10-2-4-11(5-3-10)22(20,21)19-7-9-1-6-13(18)12(9)8-19/h2-5,9,12-13H,1,6-8,18H2/t9-,12+,13-/m1/s1. The molecule has 0 amide bonds. The molecule has 0 radical (unpaired) electrons. The van der Waals surface area contributed by atoms with Crippen molar-refractivity contribution in [3.05, 3.63) is 29.8 Å². The van der Waals surface area contributed by atoms with Crippen LogP contribution in [0.5, 0.6) is 0 Å². The maximum atomic E-state index is 12.5. The summed E-state index contributed by atoms with van der Waals surface area (Å²) >= 11 is 0. The van der Waals surface area contributed by atoms with Crippen LogP contribution in [-0.2, 0) is 16.2 Å². The second-order valence-electron chi connectivity index (χ2n) is 6.01. The Hall–Kier alpha value is -1.12. The van der Waals surface area contributed by atoms with Gasteiger partial charge in [-0.15, -0.1) is 0 Å². The Bertz CT molecular complexity index is 658. The van der Waals surface area contributed by atoms with E-state index in [1.54, 1.807) is 0 Å². The van der Waals surface area contributed by atoms with Crippen LogP contribution in [-0.4, -0.2) is 31.9 Å². The van der Waals surface area contributed by atoms with E-state index in [9.17, 15) is 21.6 Å². The summed E-state index contributed by atoms with van der Waals surface area (Å²) in [6, 6.07) is 3.65. The molecule has 3 atom stereocenters. The summed E-state index contributed by atoms with van der Waals surface area (Å²) in [6.45, 7) is 0.761. The molecular formula is C14H17F3N2O2S. The summed E-state index contributed by atoms with van der Waals surface area (Å²) in [4.78, 5) is -0.103. The maximum Gasteiger partial charge on any atom is 0.416 e. The lowest BCUT2D eigenvalue weighted by Crippen LogP contribution is -2.33. The van der Waals surface area contributed by atoms with Crippen molar-refractivity contribution < 1.29 is 21.6 Å². The molecule has 0 aromatic heterocycles. The monoisotopic (exact) mass is 334 g/mol. The Morgan fingerprint density at radius 3 is 2.27 bits per heavy atom. The average Bonchev–Trinajstić information content (AvgIpc) is 3.01. The van der Waals surface area contributed by atoms with E-state index in [0.29, 0.717) is 13.1 Å². The summed E-state index contributed by atoms with van der Waals surface area (Å²) in [5, 5.41) is 0. The lowest BCUT2D eigenvalue weighted by atomic mass is 9.98. The summed E-state index contributed by atoms with van der Waals surface area (Å²) in [5.41, 5.74) is 5.13. The fourth-order valence-corrected chi connectivity index (χ4v) is 4.96. The van der Waals surface area contributed by atoms with Gasteiger partial charge >= 0.3 is 6.18 Å². The number of nitrogens with zero attached hydrogens (tertiary/aromatic N) is 1. The van der Waals surface area contributed by atoms with E-state index >= 15 is 0 Å². The third-order valence-electron chi connectivity index (χ3n) is 4.70. The van der Waals surface area contributed by atoms with Gasteiger partial charge in [-0.2, -0.15) is 17.5 Å². The van der Waals surface area contributed by atoms with Gasteiger partial charge in [0, 0.05) is 19.1 Å². The molecule has 0 unspecified atom stereocenters. The zero-order valence-corrected chi connectivity index (χ0v) is 12.6. The molecule has 3 rings (SSSR count). The molecule has 1 aliphatic carbocycles. The molecule has 8 heteroatoms. The third kappa shape index (κ3) is 2.63. The number of rotatable bonds is 2. The van der Waals surface area contributed by atoms with E-state index in [1.165, 1.54) is 4.31 Å². The largest absolute Gasteiger partial charge is 0.416 e. The van der Waals surface area contributed by atoms with Gasteiger partial charge in [0.1, 0.15) is 0 Å². The smallest absolute Gasteiger partial charge is 0.327 e. The minimum Gasteiger partial charge on any atom is -0.327 e. The quantitative estimate of drug-likeness (QED) is 0.900. The molecule has 2 fully saturated rings. The van der Waals surface area contributed by atoms with Gasteiger partial charge in [0.15, 0.2) is 0 Å². The van der Waals surface area contributed by atoms with E-state index in [0.717, 1.165) is 37.1 Å².